The first-order valence-electron chi connectivity index (χ1n) is 16.6. The summed E-state index contributed by atoms with van der Waals surface area (Å²) in [6.07, 6.45) is 18.2. The fourth-order valence-electron chi connectivity index (χ4n) is 7.49. The predicted molar refractivity (Wildman–Crippen MR) is 208 cm³/mol. The summed E-state index contributed by atoms with van der Waals surface area (Å²) in [5.74, 6) is 0.283. The smallest absolute Gasteiger partial charge is 0.0254 e. The van der Waals surface area contributed by atoms with E-state index in [0.717, 1.165) is 4.47 Å². The van der Waals surface area contributed by atoms with E-state index in [1.165, 1.54) is 72.3 Å². The van der Waals surface area contributed by atoms with Crippen LogP contribution in [0.5, 0.6) is 0 Å². The zero-order valence-electron chi connectivity index (χ0n) is 26.9. The van der Waals surface area contributed by atoms with Crippen molar-refractivity contribution in [3.8, 4) is 55.6 Å². The number of benzene rings is 6. The van der Waals surface area contributed by atoms with Crippen LogP contribution in [0, 0.1) is 6.92 Å². The summed E-state index contributed by atoms with van der Waals surface area (Å²) in [7, 11) is 0. The molecule has 0 spiro atoms. The summed E-state index contributed by atoms with van der Waals surface area (Å²) in [4.78, 5) is 0. The molecule has 0 unspecified atom stereocenters. The standard InChI is InChI=1S/C47H35Br/c1-32-43(35-20-8-9-21-35)46(39-26-14-24-37(30-39)33-16-4-2-5-17-33)45(36-22-10-11-23-36)47(44(32)41-28-12-13-29-42(41)48)40-27-15-25-38(31-40)34-18-6-3-7-19-34/h2-31,35-36H,1H3. The van der Waals surface area contributed by atoms with Crippen LogP contribution in [0.15, 0.2) is 187 Å². The van der Waals surface area contributed by atoms with Crippen LogP contribution in [0.3, 0.4) is 0 Å². The van der Waals surface area contributed by atoms with Crippen LogP contribution in [0.25, 0.3) is 55.6 Å². The molecule has 6 aromatic carbocycles. The van der Waals surface area contributed by atoms with Gasteiger partial charge in [-0.25, -0.2) is 0 Å². The van der Waals surface area contributed by atoms with Crippen molar-refractivity contribution in [2.45, 2.75) is 18.8 Å². The van der Waals surface area contributed by atoms with Crippen molar-refractivity contribution >= 4 is 15.9 Å². The third-order valence-corrected chi connectivity index (χ3v) is 10.4. The van der Waals surface area contributed by atoms with Crippen molar-refractivity contribution in [1.82, 2.24) is 0 Å². The molecular formula is C47H35Br. The Kier molecular flexibility index (Phi) is 8.22. The summed E-state index contributed by atoms with van der Waals surface area (Å²) in [6.45, 7) is 2.34. The van der Waals surface area contributed by atoms with E-state index in [2.05, 4.69) is 205 Å². The number of rotatable bonds is 7. The van der Waals surface area contributed by atoms with Gasteiger partial charge in [-0.2, -0.15) is 0 Å². The second kappa shape index (κ2) is 13.1. The van der Waals surface area contributed by atoms with Crippen LogP contribution < -0.4 is 0 Å². The van der Waals surface area contributed by atoms with Crippen LogP contribution in [-0.2, 0) is 0 Å². The Hall–Kier alpha value is -5.24. The maximum atomic E-state index is 3.98. The highest BCUT2D eigenvalue weighted by atomic mass is 79.9. The molecule has 0 fully saturated rings. The fraction of sp³-hybridized carbons (Fsp3) is 0.0638. The number of halogens is 1. The molecule has 8 rings (SSSR count). The second-order valence-electron chi connectivity index (χ2n) is 12.5. The van der Waals surface area contributed by atoms with Crippen LogP contribution >= 0.6 is 15.9 Å². The van der Waals surface area contributed by atoms with Crippen molar-refractivity contribution in [3.63, 3.8) is 0 Å². The summed E-state index contributed by atoms with van der Waals surface area (Å²) < 4.78 is 1.10. The third-order valence-electron chi connectivity index (χ3n) is 9.66. The van der Waals surface area contributed by atoms with Crippen molar-refractivity contribution < 1.29 is 0 Å². The Labute approximate surface area is 292 Å². The minimum atomic E-state index is 0.116. The highest BCUT2D eigenvalue weighted by molar-refractivity contribution is 9.10. The predicted octanol–water partition coefficient (Wildman–Crippen LogP) is 13.5. The van der Waals surface area contributed by atoms with Gasteiger partial charge in [0, 0.05) is 16.3 Å². The van der Waals surface area contributed by atoms with Crippen LogP contribution in [0.1, 0.15) is 28.5 Å². The zero-order chi connectivity index (χ0) is 32.5. The van der Waals surface area contributed by atoms with E-state index in [9.17, 15) is 0 Å². The quantitative estimate of drug-likeness (QED) is 0.158. The first-order valence-corrected chi connectivity index (χ1v) is 17.4. The maximum absolute atomic E-state index is 3.98. The topological polar surface area (TPSA) is 0 Å². The van der Waals surface area contributed by atoms with Gasteiger partial charge in [0.2, 0.25) is 0 Å². The lowest BCUT2D eigenvalue weighted by atomic mass is 9.73. The highest BCUT2D eigenvalue weighted by Gasteiger charge is 2.31. The highest BCUT2D eigenvalue weighted by Crippen LogP contribution is 2.53. The van der Waals surface area contributed by atoms with Gasteiger partial charge in [-0.15, -0.1) is 0 Å². The van der Waals surface area contributed by atoms with Gasteiger partial charge >= 0.3 is 0 Å². The van der Waals surface area contributed by atoms with Crippen molar-refractivity contribution in [1.29, 1.82) is 0 Å². The summed E-state index contributed by atoms with van der Waals surface area (Å²) in [6, 6.07) is 48.4. The molecule has 0 heterocycles. The molecule has 2 aliphatic carbocycles. The second-order valence-corrected chi connectivity index (χ2v) is 13.4. The Morgan fingerprint density at radius 3 is 1.38 bits per heavy atom. The van der Waals surface area contributed by atoms with Crippen LogP contribution in [-0.4, -0.2) is 0 Å². The summed E-state index contributed by atoms with van der Waals surface area (Å²) in [5.41, 5.74) is 16.4. The Bertz CT molecular complexity index is 2230. The minimum absolute atomic E-state index is 0.116. The first-order chi connectivity index (χ1) is 23.7. The van der Waals surface area contributed by atoms with Gasteiger partial charge in [0.25, 0.3) is 0 Å². The van der Waals surface area contributed by atoms with E-state index in [-0.39, 0.29) is 11.8 Å². The molecule has 0 saturated heterocycles. The first kappa shape index (κ1) is 30.1. The summed E-state index contributed by atoms with van der Waals surface area (Å²) in [5, 5.41) is 0. The molecule has 1 heteroatoms. The zero-order valence-corrected chi connectivity index (χ0v) is 28.4. The Morgan fingerprint density at radius 1 is 0.396 bits per heavy atom. The van der Waals surface area contributed by atoms with Gasteiger partial charge in [0.1, 0.15) is 0 Å². The lowest BCUT2D eigenvalue weighted by Crippen LogP contribution is -2.09. The van der Waals surface area contributed by atoms with Gasteiger partial charge < -0.3 is 0 Å². The molecule has 0 atom stereocenters. The average molecular weight is 680 g/mol. The van der Waals surface area contributed by atoms with Gasteiger partial charge in [-0.1, -0.05) is 180 Å². The van der Waals surface area contributed by atoms with Crippen molar-refractivity contribution in [2.75, 3.05) is 0 Å². The van der Waals surface area contributed by atoms with E-state index in [1.807, 2.05) is 0 Å². The van der Waals surface area contributed by atoms with Gasteiger partial charge in [0.05, 0.1) is 0 Å². The molecule has 0 saturated carbocycles. The fourth-order valence-corrected chi connectivity index (χ4v) is 7.98. The van der Waals surface area contributed by atoms with Gasteiger partial charge in [-0.05, 0) is 97.4 Å². The Morgan fingerprint density at radius 2 is 0.833 bits per heavy atom. The number of hydrogen-bond acceptors (Lipinski definition) is 0. The van der Waals surface area contributed by atoms with Crippen LogP contribution in [0.4, 0.5) is 0 Å². The molecule has 0 bridgehead atoms. The minimum Gasteiger partial charge on any atom is -0.0732 e. The largest absolute Gasteiger partial charge is 0.0732 e. The lowest BCUT2D eigenvalue weighted by molar-refractivity contribution is 1.04. The van der Waals surface area contributed by atoms with E-state index in [0.29, 0.717) is 0 Å². The van der Waals surface area contributed by atoms with Gasteiger partial charge in [-0.3, -0.25) is 0 Å². The van der Waals surface area contributed by atoms with Gasteiger partial charge in [0.15, 0.2) is 0 Å². The SMILES string of the molecule is Cc1c(-c2ccccc2Br)c(-c2cccc(-c3ccccc3)c2)c(C2C=CC=C2)c(-c2cccc(-c3ccccc3)c2)c1C1C=CC=C1. The molecule has 48 heavy (non-hydrogen) atoms. The van der Waals surface area contributed by atoms with Crippen molar-refractivity contribution in [3.05, 3.63) is 203 Å². The molecule has 2 aliphatic rings. The normalized spacial score (nSPS) is 14.0. The van der Waals surface area contributed by atoms with E-state index >= 15 is 0 Å². The van der Waals surface area contributed by atoms with E-state index in [1.54, 1.807) is 0 Å². The summed E-state index contributed by atoms with van der Waals surface area (Å²) >= 11 is 3.98. The molecule has 0 N–H and O–H groups in total. The van der Waals surface area contributed by atoms with E-state index < -0.39 is 0 Å². The van der Waals surface area contributed by atoms with Crippen LogP contribution in [0.2, 0.25) is 0 Å². The average Bonchev–Trinajstić information content (AvgIpc) is 3.88. The molecule has 0 nitrogen and oxygen atoms in total. The number of hydrogen-bond donors (Lipinski definition) is 0. The number of allylic oxidation sites excluding steroid dienone is 8. The van der Waals surface area contributed by atoms with Crippen molar-refractivity contribution in [2.24, 2.45) is 0 Å². The lowest BCUT2D eigenvalue weighted by Gasteiger charge is -2.30. The third kappa shape index (κ3) is 5.55. The molecule has 0 amide bonds. The molecule has 0 aliphatic heterocycles. The molecule has 0 radical (unpaired) electrons. The molecule has 0 aromatic heterocycles. The molecular weight excluding hydrogens is 644 g/mol. The molecule has 6 aromatic rings. The maximum Gasteiger partial charge on any atom is 0.0254 e. The Balaban J connectivity index is 1.53. The molecule has 230 valence electrons. The van der Waals surface area contributed by atoms with E-state index in [4.69, 9.17) is 0 Å². The monoisotopic (exact) mass is 678 g/mol.